The first kappa shape index (κ1) is 10.6. The van der Waals surface area contributed by atoms with E-state index in [1.54, 1.807) is 0 Å². The van der Waals surface area contributed by atoms with E-state index in [0.29, 0.717) is 23.9 Å². The molecule has 4 nitrogen and oxygen atoms in total. The molecule has 84 valence electrons. The molecule has 1 heterocycles. The summed E-state index contributed by atoms with van der Waals surface area (Å²) in [7, 11) is 0. The predicted molar refractivity (Wildman–Crippen MR) is 57.4 cm³/mol. The van der Waals surface area contributed by atoms with E-state index in [0.717, 1.165) is 18.1 Å². The lowest BCUT2D eigenvalue weighted by atomic mass is 10.1. The van der Waals surface area contributed by atoms with Crippen LogP contribution in [0, 0.1) is 5.41 Å². The van der Waals surface area contributed by atoms with Gasteiger partial charge < -0.3 is 9.84 Å². The van der Waals surface area contributed by atoms with Gasteiger partial charge in [0.1, 0.15) is 0 Å². The average Bonchev–Trinajstić information content (AvgIpc) is 2.63. The van der Waals surface area contributed by atoms with Gasteiger partial charge >= 0.3 is 0 Å². The molecule has 1 aliphatic carbocycles. The van der Waals surface area contributed by atoms with Crippen molar-refractivity contribution in [3.63, 3.8) is 0 Å². The lowest BCUT2D eigenvalue weighted by molar-refractivity contribution is 0.361. The molecular formula is C11H19N3O. The molecule has 0 aromatic carbocycles. The lowest BCUT2D eigenvalue weighted by Gasteiger charge is -2.03. The van der Waals surface area contributed by atoms with Gasteiger partial charge in [-0.05, 0) is 11.8 Å². The van der Waals surface area contributed by atoms with Crippen LogP contribution in [-0.2, 0) is 6.54 Å². The summed E-state index contributed by atoms with van der Waals surface area (Å²) in [4.78, 5) is 4.40. The Kier molecular flexibility index (Phi) is 2.54. The normalized spacial score (nSPS) is 23.4. The zero-order valence-electron chi connectivity index (χ0n) is 9.87. The molecule has 0 radical (unpaired) electrons. The van der Waals surface area contributed by atoms with Crippen molar-refractivity contribution in [2.24, 2.45) is 5.41 Å². The number of aromatic nitrogens is 2. The SMILES string of the molecule is CC(C)NCc1noc(C2CC2(C)C)n1. The molecule has 2 rings (SSSR count). The number of rotatable bonds is 4. The molecule has 0 amide bonds. The predicted octanol–water partition coefficient (Wildman–Crippen LogP) is 2.08. The molecule has 1 N–H and O–H groups in total. The molecule has 1 unspecified atom stereocenters. The highest BCUT2D eigenvalue weighted by molar-refractivity contribution is 5.12. The molecule has 0 bridgehead atoms. The van der Waals surface area contributed by atoms with E-state index in [1.165, 1.54) is 0 Å². The minimum absolute atomic E-state index is 0.356. The van der Waals surface area contributed by atoms with Gasteiger partial charge in [-0.3, -0.25) is 0 Å². The zero-order chi connectivity index (χ0) is 11.1. The lowest BCUT2D eigenvalue weighted by Crippen LogP contribution is -2.22. The minimum atomic E-state index is 0.356. The van der Waals surface area contributed by atoms with Crippen molar-refractivity contribution >= 4 is 0 Å². The summed E-state index contributed by atoms with van der Waals surface area (Å²) in [6, 6.07) is 0.448. The van der Waals surface area contributed by atoms with Gasteiger partial charge in [-0.1, -0.05) is 32.9 Å². The van der Waals surface area contributed by atoms with Gasteiger partial charge in [0.15, 0.2) is 5.82 Å². The Morgan fingerprint density at radius 1 is 1.53 bits per heavy atom. The standard InChI is InChI=1S/C11H19N3O/c1-7(2)12-6-9-13-10(15-14-9)8-5-11(8,3)4/h7-8,12H,5-6H2,1-4H3. The molecular weight excluding hydrogens is 190 g/mol. The van der Waals surface area contributed by atoms with Gasteiger partial charge in [0.25, 0.3) is 0 Å². The van der Waals surface area contributed by atoms with Gasteiger partial charge in [0, 0.05) is 12.0 Å². The molecule has 1 aromatic rings. The van der Waals surface area contributed by atoms with E-state index in [-0.39, 0.29) is 0 Å². The third-order valence-electron chi connectivity index (χ3n) is 2.96. The Balaban J connectivity index is 1.93. The van der Waals surface area contributed by atoms with Crippen molar-refractivity contribution in [3.8, 4) is 0 Å². The molecule has 1 aliphatic rings. The van der Waals surface area contributed by atoms with Crippen LogP contribution in [0.5, 0.6) is 0 Å². The first-order chi connectivity index (χ1) is 6.99. The van der Waals surface area contributed by atoms with E-state index < -0.39 is 0 Å². The first-order valence-electron chi connectivity index (χ1n) is 5.55. The van der Waals surface area contributed by atoms with Gasteiger partial charge in [0.05, 0.1) is 6.54 Å². The highest BCUT2D eigenvalue weighted by Gasteiger charge is 2.50. The number of hydrogen-bond acceptors (Lipinski definition) is 4. The van der Waals surface area contributed by atoms with E-state index in [4.69, 9.17) is 4.52 Å². The van der Waals surface area contributed by atoms with Crippen LogP contribution in [0.4, 0.5) is 0 Å². The third-order valence-corrected chi connectivity index (χ3v) is 2.96. The molecule has 0 saturated heterocycles. The fourth-order valence-corrected chi connectivity index (χ4v) is 1.66. The van der Waals surface area contributed by atoms with E-state index in [2.05, 4.69) is 43.2 Å². The second-order valence-electron chi connectivity index (χ2n) is 5.33. The van der Waals surface area contributed by atoms with Gasteiger partial charge in [-0.15, -0.1) is 0 Å². The van der Waals surface area contributed by atoms with Crippen molar-refractivity contribution < 1.29 is 4.52 Å². The summed E-state index contributed by atoms with van der Waals surface area (Å²) in [6.45, 7) is 9.35. The van der Waals surface area contributed by atoms with E-state index >= 15 is 0 Å². The molecule has 0 spiro atoms. The zero-order valence-corrected chi connectivity index (χ0v) is 9.87. The van der Waals surface area contributed by atoms with Gasteiger partial charge in [-0.2, -0.15) is 4.98 Å². The van der Waals surface area contributed by atoms with Crippen LogP contribution in [-0.4, -0.2) is 16.2 Å². The maximum atomic E-state index is 5.26. The molecule has 0 aliphatic heterocycles. The van der Waals surface area contributed by atoms with Crippen molar-refractivity contribution in [2.75, 3.05) is 0 Å². The van der Waals surface area contributed by atoms with Crippen molar-refractivity contribution in [3.05, 3.63) is 11.7 Å². The maximum absolute atomic E-state index is 5.26. The monoisotopic (exact) mass is 209 g/mol. The first-order valence-corrected chi connectivity index (χ1v) is 5.55. The molecule has 1 aromatic heterocycles. The van der Waals surface area contributed by atoms with Gasteiger partial charge in [0.2, 0.25) is 5.89 Å². The van der Waals surface area contributed by atoms with Crippen LogP contribution in [0.15, 0.2) is 4.52 Å². The largest absolute Gasteiger partial charge is 0.339 e. The number of hydrogen-bond donors (Lipinski definition) is 1. The summed E-state index contributed by atoms with van der Waals surface area (Å²) >= 11 is 0. The van der Waals surface area contributed by atoms with Crippen LogP contribution in [0.3, 0.4) is 0 Å². The van der Waals surface area contributed by atoms with Crippen LogP contribution < -0.4 is 5.32 Å². The summed E-state index contributed by atoms with van der Waals surface area (Å²) in [5.74, 6) is 2.04. The fourth-order valence-electron chi connectivity index (χ4n) is 1.66. The number of nitrogens with one attached hydrogen (secondary N) is 1. The molecule has 1 fully saturated rings. The average molecular weight is 209 g/mol. The Morgan fingerprint density at radius 2 is 2.20 bits per heavy atom. The smallest absolute Gasteiger partial charge is 0.230 e. The Bertz CT molecular complexity index is 343. The van der Waals surface area contributed by atoms with Crippen molar-refractivity contribution in [1.82, 2.24) is 15.5 Å². The number of nitrogens with zero attached hydrogens (tertiary/aromatic N) is 2. The van der Waals surface area contributed by atoms with Gasteiger partial charge in [-0.25, -0.2) is 0 Å². The Hall–Kier alpha value is -0.900. The molecule has 1 saturated carbocycles. The molecule has 1 atom stereocenters. The van der Waals surface area contributed by atoms with Crippen LogP contribution in [0.2, 0.25) is 0 Å². The third kappa shape index (κ3) is 2.37. The quantitative estimate of drug-likeness (QED) is 0.825. The van der Waals surface area contributed by atoms with Crippen LogP contribution in [0.1, 0.15) is 51.7 Å². The fraction of sp³-hybridized carbons (Fsp3) is 0.818. The summed E-state index contributed by atoms with van der Waals surface area (Å²) < 4.78 is 5.26. The molecule has 15 heavy (non-hydrogen) atoms. The van der Waals surface area contributed by atoms with E-state index in [9.17, 15) is 0 Å². The summed E-state index contributed by atoms with van der Waals surface area (Å²) in [5, 5.41) is 7.24. The highest BCUT2D eigenvalue weighted by atomic mass is 16.5. The van der Waals surface area contributed by atoms with Crippen molar-refractivity contribution in [1.29, 1.82) is 0 Å². The second-order valence-corrected chi connectivity index (χ2v) is 5.33. The van der Waals surface area contributed by atoms with E-state index in [1.807, 2.05) is 0 Å². The second kappa shape index (κ2) is 3.59. The summed E-state index contributed by atoms with van der Waals surface area (Å²) in [5.41, 5.74) is 0.356. The summed E-state index contributed by atoms with van der Waals surface area (Å²) in [6.07, 6.45) is 1.16. The minimum Gasteiger partial charge on any atom is -0.339 e. The topological polar surface area (TPSA) is 51.0 Å². The highest BCUT2D eigenvalue weighted by Crippen LogP contribution is 2.57. The Labute approximate surface area is 90.4 Å². The van der Waals surface area contributed by atoms with Crippen molar-refractivity contribution in [2.45, 2.75) is 52.6 Å². The maximum Gasteiger partial charge on any atom is 0.230 e. The van der Waals surface area contributed by atoms with Crippen LogP contribution >= 0.6 is 0 Å². The molecule has 4 heteroatoms. The Morgan fingerprint density at radius 3 is 2.73 bits per heavy atom. The van der Waals surface area contributed by atoms with Crippen LogP contribution in [0.25, 0.3) is 0 Å².